The molecular formula is C19H27NO5. The van der Waals surface area contributed by atoms with Crippen molar-refractivity contribution in [1.29, 1.82) is 0 Å². The monoisotopic (exact) mass is 349 g/mol. The normalized spacial score (nSPS) is 11.7. The van der Waals surface area contributed by atoms with E-state index in [0.717, 1.165) is 0 Å². The van der Waals surface area contributed by atoms with Crippen molar-refractivity contribution in [3.05, 3.63) is 29.8 Å². The molecule has 0 bridgehead atoms. The van der Waals surface area contributed by atoms with Crippen LogP contribution in [-0.2, 0) is 14.3 Å². The van der Waals surface area contributed by atoms with Crippen LogP contribution in [0, 0.1) is 5.92 Å². The molecule has 138 valence electrons. The summed E-state index contributed by atoms with van der Waals surface area (Å²) in [6.45, 7) is 6.36. The van der Waals surface area contributed by atoms with Crippen molar-refractivity contribution in [3.8, 4) is 5.75 Å². The summed E-state index contributed by atoms with van der Waals surface area (Å²) >= 11 is 0. The Morgan fingerprint density at radius 3 is 2.24 bits per heavy atom. The van der Waals surface area contributed by atoms with Gasteiger partial charge in [0, 0.05) is 18.4 Å². The molecule has 1 aromatic rings. The Morgan fingerprint density at radius 2 is 1.72 bits per heavy atom. The maximum absolute atomic E-state index is 12.2. The first-order chi connectivity index (χ1) is 11.9. The van der Waals surface area contributed by atoms with Crippen LogP contribution in [0.15, 0.2) is 24.3 Å². The van der Waals surface area contributed by atoms with E-state index in [1.165, 1.54) is 7.11 Å². The predicted octanol–water partition coefficient (Wildman–Crippen LogP) is 2.75. The molecule has 1 rings (SSSR count). The second kappa shape index (κ2) is 10.5. The Bertz CT molecular complexity index is 580. The highest BCUT2D eigenvalue weighted by Gasteiger charge is 2.22. The Kier molecular flexibility index (Phi) is 8.67. The second-order valence-corrected chi connectivity index (χ2v) is 6.15. The summed E-state index contributed by atoms with van der Waals surface area (Å²) in [6.07, 6.45) is 0.596. The van der Waals surface area contributed by atoms with Crippen molar-refractivity contribution in [3.63, 3.8) is 0 Å². The smallest absolute Gasteiger partial charge is 0.328 e. The van der Waals surface area contributed by atoms with Crippen molar-refractivity contribution in [2.24, 2.45) is 5.92 Å². The highest BCUT2D eigenvalue weighted by atomic mass is 16.5. The molecule has 25 heavy (non-hydrogen) atoms. The first-order valence-corrected chi connectivity index (χ1v) is 8.50. The number of Topliss-reactive ketones (excluding diaryl/α,β-unsaturated/α-hetero) is 1. The molecule has 0 aliphatic carbocycles. The summed E-state index contributed by atoms with van der Waals surface area (Å²) in [5, 5.41) is 2.65. The molecule has 0 heterocycles. The van der Waals surface area contributed by atoms with Gasteiger partial charge in [-0.1, -0.05) is 13.8 Å². The van der Waals surface area contributed by atoms with Crippen molar-refractivity contribution < 1.29 is 23.9 Å². The average molecular weight is 349 g/mol. The van der Waals surface area contributed by atoms with Gasteiger partial charge in [0.2, 0.25) is 5.91 Å². The minimum atomic E-state index is -0.682. The number of amides is 1. The maximum Gasteiger partial charge on any atom is 0.328 e. The van der Waals surface area contributed by atoms with E-state index >= 15 is 0 Å². The third-order valence-corrected chi connectivity index (χ3v) is 3.59. The molecule has 0 fully saturated rings. The summed E-state index contributed by atoms with van der Waals surface area (Å²) < 4.78 is 10.0. The number of carbonyl (C=O) groups excluding carboxylic acids is 3. The molecule has 1 atom stereocenters. The number of hydrogen-bond acceptors (Lipinski definition) is 5. The van der Waals surface area contributed by atoms with Gasteiger partial charge in [-0.3, -0.25) is 9.59 Å². The van der Waals surface area contributed by atoms with Crippen molar-refractivity contribution in [2.45, 2.75) is 46.1 Å². The molecule has 6 heteroatoms. The quantitative estimate of drug-likeness (QED) is 0.519. The maximum atomic E-state index is 12.2. The number of esters is 1. The lowest BCUT2D eigenvalue weighted by Crippen LogP contribution is -2.42. The van der Waals surface area contributed by atoms with Crippen LogP contribution in [0.3, 0.4) is 0 Å². The van der Waals surface area contributed by atoms with Gasteiger partial charge < -0.3 is 14.8 Å². The van der Waals surface area contributed by atoms with Crippen LogP contribution >= 0.6 is 0 Å². The van der Waals surface area contributed by atoms with Crippen LogP contribution in [0.5, 0.6) is 5.75 Å². The fraction of sp³-hybridized carbons (Fsp3) is 0.526. The topological polar surface area (TPSA) is 81.7 Å². The van der Waals surface area contributed by atoms with Crippen molar-refractivity contribution >= 4 is 17.7 Å². The first-order valence-electron chi connectivity index (χ1n) is 8.50. The van der Waals surface area contributed by atoms with Gasteiger partial charge in [-0.15, -0.1) is 0 Å². The number of methoxy groups -OCH3 is 1. The van der Waals surface area contributed by atoms with Gasteiger partial charge in [-0.05, 0) is 43.5 Å². The standard InChI is InChI=1S/C19H27NO5/c1-5-25-15-8-6-14(7-9-15)17(21)10-11-18(22)20-16(12-13(2)3)19(23)24-4/h6-9,13,16H,5,10-12H2,1-4H3,(H,20,22)/t16-/m1/s1. The third kappa shape index (κ3) is 7.37. The Morgan fingerprint density at radius 1 is 1.08 bits per heavy atom. The molecule has 0 unspecified atom stereocenters. The van der Waals surface area contributed by atoms with E-state index in [9.17, 15) is 14.4 Å². The van der Waals surface area contributed by atoms with Gasteiger partial charge in [0.25, 0.3) is 0 Å². The number of ether oxygens (including phenoxy) is 2. The minimum Gasteiger partial charge on any atom is -0.494 e. The summed E-state index contributed by atoms with van der Waals surface area (Å²) in [4.78, 5) is 35.9. The van der Waals surface area contributed by atoms with Gasteiger partial charge in [0.05, 0.1) is 13.7 Å². The number of rotatable bonds is 10. The van der Waals surface area contributed by atoms with Crippen LogP contribution in [0.1, 0.15) is 50.4 Å². The molecule has 0 aliphatic heterocycles. The number of carbonyl (C=O) groups is 3. The van der Waals surface area contributed by atoms with E-state index in [4.69, 9.17) is 9.47 Å². The Labute approximate surface area is 148 Å². The van der Waals surface area contributed by atoms with E-state index in [1.807, 2.05) is 20.8 Å². The molecular weight excluding hydrogens is 322 g/mol. The van der Waals surface area contributed by atoms with Crippen molar-refractivity contribution in [2.75, 3.05) is 13.7 Å². The fourth-order valence-corrected chi connectivity index (χ4v) is 2.37. The summed E-state index contributed by atoms with van der Waals surface area (Å²) in [5.74, 6) is -0.00631. The molecule has 0 spiro atoms. The summed E-state index contributed by atoms with van der Waals surface area (Å²) in [7, 11) is 1.29. The zero-order valence-corrected chi connectivity index (χ0v) is 15.3. The molecule has 0 saturated heterocycles. The molecule has 0 saturated carbocycles. The Hall–Kier alpha value is -2.37. The second-order valence-electron chi connectivity index (χ2n) is 6.15. The van der Waals surface area contributed by atoms with E-state index in [0.29, 0.717) is 24.3 Å². The Balaban J connectivity index is 2.53. The van der Waals surface area contributed by atoms with Gasteiger partial charge in [-0.2, -0.15) is 0 Å². The van der Waals surface area contributed by atoms with Crippen LogP contribution in [0.2, 0.25) is 0 Å². The van der Waals surface area contributed by atoms with Crippen molar-refractivity contribution in [1.82, 2.24) is 5.32 Å². The van der Waals surface area contributed by atoms with E-state index in [1.54, 1.807) is 24.3 Å². The molecule has 0 aliphatic rings. The van der Waals surface area contributed by atoms with E-state index in [-0.39, 0.29) is 30.4 Å². The van der Waals surface area contributed by atoms with Crippen LogP contribution in [-0.4, -0.2) is 37.4 Å². The number of benzene rings is 1. The lowest BCUT2D eigenvalue weighted by Gasteiger charge is -2.18. The lowest BCUT2D eigenvalue weighted by molar-refractivity contribution is -0.145. The largest absolute Gasteiger partial charge is 0.494 e. The highest BCUT2D eigenvalue weighted by molar-refractivity contribution is 5.98. The molecule has 1 aromatic carbocycles. The number of nitrogens with one attached hydrogen (secondary N) is 1. The molecule has 1 N–H and O–H groups in total. The number of hydrogen-bond donors (Lipinski definition) is 1. The molecule has 0 radical (unpaired) electrons. The van der Waals surface area contributed by atoms with Crippen LogP contribution < -0.4 is 10.1 Å². The average Bonchev–Trinajstić information content (AvgIpc) is 2.59. The van der Waals surface area contributed by atoms with Crippen LogP contribution in [0.4, 0.5) is 0 Å². The fourth-order valence-electron chi connectivity index (χ4n) is 2.37. The van der Waals surface area contributed by atoms with E-state index < -0.39 is 12.0 Å². The minimum absolute atomic E-state index is 0.0254. The lowest BCUT2D eigenvalue weighted by atomic mass is 10.0. The highest BCUT2D eigenvalue weighted by Crippen LogP contribution is 2.14. The zero-order valence-electron chi connectivity index (χ0n) is 15.3. The first kappa shape index (κ1) is 20.7. The molecule has 1 amide bonds. The summed E-state index contributed by atoms with van der Waals surface area (Å²) in [6, 6.07) is 6.14. The van der Waals surface area contributed by atoms with E-state index in [2.05, 4.69) is 5.32 Å². The predicted molar refractivity (Wildman–Crippen MR) is 94.6 cm³/mol. The van der Waals surface area contributed by atoms with Gasteiger partial charge in [-0.25, -0.2) is 4.79 Å². The molecule has 0 aromatic heterocycles. The zero-order chi connectivity index (χ0) is 18.8. The van der Waals surface area contributed by atoms with Gasteiger partial charge in [0.1, 0.15) is 11.8 Å². The third-order valence-electron chi connectivity index (χ3n) is 3.59. The van der Waals surface area contributed by atoms with Gasteiger partial charge >= 0.3 is 5.97 Å². The summed E-state index contributed by atoms with van der Waals surface area (Å²) in [5.41, 5.74) is 0.531. The molecule has 6 nitrogen and oxygen atoms in total. The van der Waals surface area contributed by atoms with Crippen LogP contribution in [0.25, 0.3) is 0 Å². The van der Waals surface area contributed by atoms with Gasteiger partial charge in [0.15, 0.2) is 5.78 Å². The SMILES string of the molecule is CCOc1ccc(C(=O)CCC(=O)N[C@H](CC(C)C)C(=O)OC)cc1. The number of ketones is 1.